The van der Waals surface area contributed by atoms with E-state index in [1.54, 1.807) is 6.92 Å². The van der Waals surface area contributed by atoms with Gasteiger partial charge in [0.25, 0.3) is 0 Å². The summed E-state index contributed by atoms with van der Waals surface area (Å²) < 4.78 is 5.12. The lowest BCUT2D eigenvalue weighted by atomic mass is 9.74. The zero-order chi connectivity index (χ0) is 14.0. The summed E-state index contributed by atoms with van der Waals surface area (Å²) in [6, 6.07) is 8.07. The largest absolute Gasteiger partial charge is 0.466 e. The van der Waals surface area contributed by atoms with Gasteiger partial charge < -0.3 is 4.74 Å². The highest BCUT2D eigenvalue weighted by Crippen LogP contribution is 2.44. The summed E-state index contributed by atoms with van der Waals surface area (Å²) >= 11 is 0. The highest BCUT2D eigenvalue weighted by atomic mass is 16.5. The monoisotopic (exact) mass is 260 g/mol. The first-order chi connectivity index (χ1) is 8.97. The first-order valence-corrected chi connectivity index (χ1v) is 6.73. The van der Waals surface area contributed by atoms with Gasteiger partial charge in [-0.15, -0.1) is 0 Å². The molecule has 0 N–H and O–H groups in total. The van der Waals surface area contributed by atoms with Gasteiger partial charge in [0, 0.05) is 18.3 Å². The van der Waals surface area contributed by atoms with E-state index in [0.717, 1.165) is 5.56 Å². The Morgan fingerprint density at radius 2 is 2.00 bits per heavy atom. The molecule has 1 fully saturated rings. The Labute approximate surface area is 114 Å². The number of esters is 1. The molecule has 102 valence electrons. The quantitative estimate of drug-likeness (QED) is 0.785. The number of carbonyl (C=O) groups excluding carboxylic acids is 2. The number of hydrogen-bond acceptors (Lipinski definition) is 3. The molecule has 0 aliphatic heterocycles. The molecule has 1 aliphatic carbocycles. The minimum Gasteiger partial charge on any atom is -0.466 e. The molecule has 0 aromatic heterocycles. The normalized spacial score (nSPS) is 26.5. The summed E-state index contributed by atoms with van der Waals surface area (Å²) in [4.78, 5) is 23.9. The molecule has 2 atom stereocenters. The van der Waals surface area contributed by atoms with Gasteiger partial charge in [-0.3, -0.25) is 9.59 Å². The molecular formula is C16H20O3. The van der Waals surface area contributed by atoms with Crippen molar-refractivity contribution in [2.45, 2.75) is 39.0 Å². The van der Waals surface area contributed by atoms with Gasteiger partial charge >= 0.3 is 5.97 Å². The fourth-order valence-corrected chi connectivity index (χ4v) is 2.88. The summed E-state index contributed by atoms with van der Waals surface area (Å²) in [5, 5.41) is 0. The zero-order valence-corrected chi connectivity index (χ0v) is 11.7. The average Bonchev–Trinajstić information content (AvgIpc) is 2.67. The standard InChI is InChI=1S/C16H20O3/c1-4-19-15(18)14-9-13(17)10-16(14,3)12-7-5-11(2)6-8-12/h5-8,14H,4,9-10H2,1-3H3/t14-,16-/m0/s1. The summed E-state index contributed by atoms with van der Waals surface area (Å²) in [6.07, 6.45) is 0.711. The van der Waals surface area contributed by atoms with Crippen LogP contribution in [-0.2, 0) is 19.7 Å². The fraction of sp³-hybridized carbons (Fsp3) is 0.500. The van der Waals surface area contributed by atoms with Crippen LogP contribution in [0.1, 0.15) is 37.8 Å². The maximum atomic E-state index is 12.1. The van der Waals surface area contributed by atoms with Crippen LogP contribution >= 0.6 is 0 Å². The third-order valence-corrected chi connectivity index (χ3v) is 4.05. The lowest BCUT2D eigenvalue weighted by molar-refractivity contribution is -0.150. The maximum absolute atomic E-state index is 12.1. The number of Topliss-reactive ketones (excluding diaryl/α,β-unsaturated/α-hetero) is 1. The lowest BCUT2D eigenvalue weighted by Crippen LogP contribution is -2.33. The van der Waals surface area contributed by atoms with Gasteiger partial charge in [0.05, 0.1) is 12.5 Å². The molecule has 3 nitrogen and oxygen atoms in total. The third-order valence-electron chi connectivity index (χ3n) is 4.05. The van der Waals surface area contributed by atoms with Crippen LogP contribution in [0.5, 0.6) is 0 Å². The smallest absolute Gasteiger partial charge is 0.310 e. The van der Waals surface area contributed by atoms with Gasteiger partial charge in [0.15, 0.2) is 0 Å². The molecule has 0 amide bonds. The van der Waals surface area contributed by atoms with Crippen molar-refractivity contribution >= 4 is 11.8 Å². The number of aryl methyl sites for hydroxylation is 1. The topological polar surface area (TPSA) is 43.4 Å². The second kappa shape index (κ2) is 5.16. The number of ketones is 1. The Kier molecular flexibility index (Phi) is 3.74. The molecule has 0 radical (unpaired) electrons. The third kappa shape index (κ3) is 2.55. The van der Waals surface area contributed by atoms with Crippen LogP contribution in [0, 0.1) is 12.8 Å². The Bertz CT molecular complexity index is 489. The Morgan fingerprint density at radius 3 is 2.58 bits per heavy atom. The van der Waals surface area contributed by atoms with Crippen molar-refractivity contribution in [3.05, 3.63) is 35.4 Å². The molecule has 1 aromatic carbocycles. The highest BCUT2D eigenvalue weighted by Gasteiger charge is 2.49. The van der Waals surface area contributed by atoms with Crippen molar-refractivity contribution in [2.24, 2.45) is 5.92 Å². The van der Waals surface area contributed by atoms with Crippen LogP contribution in [0.4, 0.5) is 0 Å². The molecule has 0 heterocycles. The second-order valence-electron chi connectivity index (χ2n) is 5.51. The number of carbonyl (C=O) groups is 2. The SMILES string of the molecule is CCOC(=O)[C@@H]1CC(=O)C[C@@]1(C)c1ccc(C)cc1. The number of ether oxygens (including phenoxy) is 1. The molecule has 0 bridgehead atoms. The van der Waals surface area contributed by atoms with Gasteiger partial charge in [-0.2, -0.15) is 0 Å². The molecule has 19 heavy (non-hydrogen) atoms. The number of hydrogen-bond donors (Lipinski definition) is 0. The van der Waals surface area contributed by atoms with Gasteiger partial charge in [0.2, 0.25) is 0 Å². The lowest BCUT2D eigenvalue weighted by Gasteiger charge is -2.30. The molecule has 0 saturated heterocycles. The first kappa shape index (κ1) is 13.8. The predicted octanol–water partition coefficient (Wildman–Crippen LogP) is 2.79. The van der Waals surface area contributed by atoms with E-state index >= 15 is 0 Å². The number of benzene rings is 1. The van der Waals surface area contributed by atoms with Crippen LogP contribution in [-0.4, -0.2) is 18.4 Å². The van der Waals surface area contributed by atoms with E-state index in [1.807, 2.05) is 38.1 Å². The summed E-state index contributed by atoms with van der Waals surface area (Å²) in [5.41, 5.74) is 1.78. The van der Waals surface area contributed by atoms with Crippen molar-refractivity contribution in [2.75, 3.05) is 6.61 Å². The van der Waals surface area contributed by atoms with Crippen molar-refractivity contribution < 1.29 is 14.3 Å². The van der Waals surface area contributed by atoms with Crippen LogP contribution in [0.25, 0.3) is 0 Å². The van der Waals surface area contributed by atoms with E-state index in [4.69, 9.17) is 4.74 Å². The minimum absolute atomic E-state index is 0.140. The van der Waals surface area contributed by atoms with E-state index in [9.17, 15) is 9.59 Å². The van der Waals surface area contributed by atoms with E-state index in [-0.39, 0.29) is 17.7 Å². The molecule has 0 unspecified atom stereocenters. The molecule has 1 saturated carbocycles. The van der Waals surface area contributed by atoms with Crippen molar-refractivity contribution in [1.29, 1.82) is 0 Å². The van der Waals surface area contributed by atoms with Crippen molar-refractivity contribution in [1.82, 2.24) is 0 Å². The van der Waals surface area contributed by atoms with E-state index in [1.165, 1.54) is 5.56 Å². The Balaban J connectivity index is 2.35. The molecule has 1 aliphatic rings. The maximum Gasteiger partial charge on any atom is 0.310 e. The van der Waals surface area contributed by atoms with Crippen LogP contribution in [0.15, 0.2) is 24.3 Å². The molecule has 2 rings (SSSR count). The molecule has 0 spiro atoms. The van der Waals surface area contributed by atoms with Crippen LogP contribution in [0.2, 0.25) is 0 Å². The summed E-state index contributed by atoms with van der Waals surface area (Å²) in [5.74, 6) is -0.472. The summed E-state index contributed by atoms with van der Waals surface area (Å²) in [7, 11) is 0. The van der Waals surface area contributed by atoms with Gasteiger partial charge in [-0.05, 0) is 19.4 Å². The highest BCUT2D eigenvalue weighted by molar-refractivity contribution is 5.91. The van der Waals surface area contributed by atoms with Gasteiger partial charge in [-0.25, -0.2) is 0 Å². The van der Waals surface area contributed by atoms with Crippen LogP contribution in [0.3, 0.4) is 0 Å². The Hall–Kier alpha value is -1.64. The van der Waals surface area contributed by atoms with Gasteiger partial charge in [-0.1, -0.05) is 36.8 Å². The molecule has 3 heteroatoms. The van der Waals surface area contributed by atoms with Gasteiger partial charge in [0.1, 0.15) is 5.78 Å². The average molecular weight is 260 g/mol. The van der Waals surface area contributed by atoms with E-state index in [0.29, 0.717) is 19.4 Å². The molecular weight excluding hydrogens is 240 g/mol. The summed E-state index contributed by atoms with van der Waals surface area (Å²) in [6.45, 7) is 6.16. The Morgan fingerprint density at radius 1 is 1.37 bits per heavy atom. The van der Waals surface area contributed by atoms with Crippen molar-refractivity contribution in [3.63, 3.8) is 0 Å². The number of rotatable bonds is 3. The first-order valence-electron chi connectivity index (χ1n) is 6.73. The van der Waals surface area contributed by atoms with Crippen molar-refractivity contribution in [3.8, 4) is 0 Å². The van der Waals surface area contributed by atoms with Crippen LogP contribution < -0.4 is 0 Å². The van der Waals surface area contributed by atoms with E-state index in [2.05, 4.69) is 0 Å². The predicted molar refractivity (Wildman–Crippen MR) is 72.9 cm³/mol. The minimum atomic E-state index is -0.433. The fourth-order valence-electron chi connectivity index (χ4n) is 2.88. The van der Waals surface area contributed by atoms with E-state index < -0.39 is 5.41 Å². The second-order valence-corrected chi connectivity index (χ2v) is 5.51. The zero-order valence-electron chi connectivity index (χ0n) is 11.7. The molecule has 1 aromatic rings.